The molecule has 0 aliphatic rings. The molecule has 0 saturated heterocycles. The summed E-state index contributed by atoms with van der Waals surface area (Å²) in [6.07, 6.45) is 0.350. The number of benzene rings is 1. The maximum atomic E-state index is 12.2. The van der Waals surface area contributed by atoms with Crippen LogP contribution in [0.25, 0.3) is 0 Å². The summed E-state index contributed by atoms with van der Waals surface area (Å²) in [6.45, 7) is 3.64. The Labute approximate surface area is 157 Å². The van der Waals surface area contributed by atoms with Gasteiger partial charge in [0.05, 0.1) is 25.6 Å². The highest BCUT2D eigenvalue weighted by molar-refractivity contribution is 7.09. The maximum Gasteiger partial charge on any atom is 0.279 e. The van der Waals surface area contributed by atoms with Crippen LogP contribution in [0.3, 0.4) is 0 Å². The molecule has 2 aromatic rings. The van der Waals surface area contributed by atoms with Crippen molar-refractivity contribution in [3.05, 3.63) is 52.2 Å². The fraction of sp³-hybridized carbons (Fsp3) is 0.316. The van der Waals surface area contributed by atoms with E-state index in [4.69, 9.17) is 5.26 Å². The van der Waals surface area contributed by atoms with E-state index in [9.17, 15) is 9.59 Å². The molecule has 0 spiro atoms. The highest BCUT2D eigenvalue weighted by Crippen LogP contribution is 2.09. The fourth-order valence-corrected chi connectivity index (χ4v) is 3.07. The van der Waals surface area contributed by atoms with Crippen LogP contribution in [0.4, 0.5) is 5.69 Å². The molecule has 0 radical (unpaired) electrons. The molecule has 0 saturated carbocycles. The first kappa shape index (κ1) is 19.6. The molecule has 0 aliphatic carbocycles. The largest absolute Gasteiger partial charge is 0.346 e. The van der Waals surface area contributed by atoms with E-state index in [0.29, 0.717) is 25.2 Å². The molecule has 1 aromatic carbocycles. The van der Waals surface area contributed by atoms with Gasteiger partial charge in [-0.25, -0.2) is 0 Å². The first-order valence-corrected chi connectivity index (χ1v) is 9.37. The lowest BCUT2D eigenvalue weighted by Gasteiger charge is -2.17. The monoisotopic (exact) mass is 371 g/mol. The van der Waals surface area contributed by atoms with Crippen LogP contribution in [0.1, 0.15) is 17.4 Å². The lowest BCUT2D eigenvalue weighted by atomic mass is 10.1. The number of nitrogens with one attached hydrogen (secondary N) is 3. The van der Waals surface area contributed by atoms with Crippen molar-refractivity contribution in [3.8, 4) is 6.07 Å². The number of rotatable bonds is 9. The van der Waals surface area contributed by atoms with Crippen molar-refractivity contribution in [2.45, 2.75) is 19.9 Å². The zero-order valence-corrected chi connectivity index (χ0v) is 15.6. The SMILES string of the molecule is CC[NH+](CC(=O)NCc1cccs1)CC(=O)Nc1ccc(CC#N)cc1. The fourth-order valence-electron chi connectivity index (χ4n) is 2.43. The van der Waals surface area contributed by atoms with E-state index in [0.717, 1.165) is 15.3 Å². The Morgan fingerprint density at radius 1 is 1.15 bits per heavy atom. The Hall–Kier alpha value is -2.69. The van der Waals surface area contributed by atoms with Crippen LogP contribution < -0.4 is 15.5 Å². The van der Waals surface area contributed by atoms with Gasteiger partial charge >= 0.3 is 0 Å². The number of hydrogen-bond donors (Lipinski definition) is 3. The van der Waals surface area contributed by atoms with E-state index < -0.39 is 0 Å². The van der Waals surface area contributed by atoms with Gasteiger partial charge < -0.3 is 15.5 Å². The maximum absolute atomic E-state index is 12.2. The molecule has 0 aliphatic heterocycles. The molecule has 7 heteroatoms. The van der Waals surface area contributed by atoms with Gasteiger partial charge in [0, 0.05) is 10.6 Å². The summed E-state index contributed by atoms with van der Waals surface area (Å²) in [5.74, 6) is -0.204. The number of amides is 2. The first-order chi connectivity index (χ1) is 12.6. The van der Waals surface area contributed by atoms with Crippen LogP contribution in [0.2, 0.25) is 0 Å². The van der Waals surface area contributed by atoms with E-state index >= 15 is 0 Å². The Bertz CT molecular complexity index is 751. The van der Waals surface area contributed by atoms with Crippen LogP contribution in [0.15, 0.2) is 41.8 Å². The van der Waals surface area contributed by atoms with Crippen LogP contribution in [-0.4, -0.2) is 31.4 Å². The van der Waals surface area contributed by atoms with Crippen molar-refractivity contribution >= 4 is 28.8 Å². The van der Waals surface area contributed by atoms with E-state index in [-0.39, 0.29) is 24.9 Å². The minimum atomic E-state index is -0.138. The summed E-state index contributed by atoms with van der Waals surface area (Å²) in [6, 6.07) is 13.2. The Morgan fingerprint density at radius 3 is 2.50 bits per heavy atom. The van der Waals surface area contributed by atoms with Crippen molar-refractivity contribution in [1.82, 2.24) is 5.32 Å². The minimum absolute atomic E-state index is 0.0658. The van der Waals surface area contributed by atoms with E-state index in [1.165, 1.54) is 0 Å². The molecular formula is C19H23N4O2S+. The molecule has 136 valence electrons. The molecule has 1 heterocycles. The van der Waals surface area contributed by atoms with Crippen molar-refractivity contribution in [2.75, 3.05) is 25.0 Å². The lowest BCUT2D eigenvalue weighted by molar-refractivity contribution is -0.881. The van der Waals surface area contributed by atoms with Gasteiger partial charge in [0.25, 0.3) is 11.8 Å². The smallest absolute Gasteiger partial charge is 0.279 e. The zero-order chi connectivity index (χ0) is 18.8. The van der Waals surface area contributed by atoms with Gasteiger partial charge in [0.15, 0.2) is 13.1 Å². The number of nitriles is 1. The van der Waals surface area contributed by atoms with Crippen molar-refractivity contribution < 1.29 is 14.5 Å². The molecule has 6 nitrogen and oxygen atoms in total. The van der Waals surface area contributed by atoms with E-state index in [1.807, 2.05) is 36.6 Å². The number of thiophene rings is 1. The summed E-state index contributed by atoms with van der Waals surface area (Å²) in [4.78, 5) is 26.3. The number of carbonyl (C=O) groups is 2. The molecule has 26 heavy (non-hydrogen) atoms. The van der Waals surface area contributed by atoms with Gasteiger partial charge in [-0.3, -0.25) is 9.59 Å². The van der Waals surface area contributed by atoms with E-state index in [2.05, 4.69) is 16.7 Å². The van der Waals surface area contributed by atoms with Crippen molar-refractivity contribution in [3.63, 3.8) is 0 Å². The Kier molecular flexibility index (Phi) is 7.80. The zero-order valence-electron chi connectivity index (χ0n) is 14.7. The number of likely N-dealkylation sites (N-methyl/N-ethyl adjacent to an activating group) is 1. The highest BCUT2D eigenvalue weighted by Gasteiger charge is 2.16. The van der Waals surface area contributed by atoms with Crippen LogP contribution in [0, 0.1) is 11.3 Å². The third kappa shape index (κ3) is 6.67. The molecule has 3 N–H and O–H groups in total. The number of hydrogen-bond acceptors (Lipinski definition) is 4. The van der Waals surface area contributed by atoms with Crippen molar-refractivity contribution in [2.24, 2.45) is 0 Å². The summed E-state index contributed by atoms with van der Waals surface area (Å²) in [7, 11) is 0. The Balaban J connectivity index is 1.77. The Morgan fingerprint density at radius 2 is 1.88 bits per heavy atom. The third-order valence-corrected chi connectivity index (χ3v) is 4.76. The second-order valence-electron chi connectivity index (χ2n) is 5.89. The predicted octanol–water partition coefficient (Wildman–Crippen LogP) is 0.974. The average molecular weight is 371 g/mol. The van der Waals surface area contributed by atoms with Gasteiger partial charge in [-0.1, -0.05) is 18.2 Å². The summed E-state index contributed by atoms with van der Waals surface area (Å²) in [5, 5.41) is 16.4. The van der Waals surface area contributed by atoms with Gasteiger partial charge in [-0.2, -0.15) is 5.26 Å². The second-order valence-corrected chi connectivity index (χ2v) is 6.93. The molecular weight excluding hydrogens is 348 g/mol. The second kappa shape index (κ2) is 10.3. The van der Waals surface area contributed by atoms with Gasteiger partial charge in [0.2, 0.25) is 0 Å². The molecule has 0 bridgehead atoms. The lowest BCUT2D eigenvalue weighted by Crippen LogP contribution is -3.13. The topological polar surface area (TPSA) is 86.4 Å². The van der Waals surface area contributed by atoms with Crippen LogP contribution in [0.5, 0.6) is 0 Å². The average Bonchev–Trinajstić information content (AvgIpc) is 3.15. The van der Waals surface area contributed by atoms with E-state index in [1.54, 1.807) is 23.5 Å². The molecule has 1 atom stereocenters. The molecule has 0 fully saturated rings. The molecule has 1 unspecified atom stereocenters. The minimum Gasteiger partial charge on any atom is -0.346 e. The standard InChI is InChI=1S/C19H22N4O2S/c1-2-23(13-18(24)21-12-17-4-3-11-26-17)14-19(25)22-16-7-5-15(6-8-16)9-10-20/h3-8,11H,2,9,12-14H2,1H3,(H,21,24)(H,22,25)/p+1. The summed E-state index contributed by atoms with van der Waals surface area (Å²) in [5.41, 5.74) is 1.60. The van der Waals surface area contributed by atoms with Crippen molar-refractivity contribution in [1.29, 1.82) is 5.26 Å². The number of quaternary nitrogens is 1. The third-order valence-electron chi connectivity index (χ3n) is 3.88. The predicted molar refractivity (Wildman–Crippen MR) is 102 cm³/mol. The summed E-state index contributed by atoms with van der Waals surface area (Å²) >= 11 is 1.60. The molecule has 2 rings (SSSR count). The molecule has 1 aromatic heterocycles. The van der Waals surface area contributed by atoms with Gasteiger partial charge in [0.1, 0.15) is 0 Å². The number of carbonyl (C=O) groups excluding carboxylic acids is 2. The number of nitrogens with zero attached hydrogens (tertiary/aromatic N) is 1. The quantitative estimate of drug-likeness (QED) is 0.614. The molecule has 2 amide bonds. The summed E-state index contributed by atoms with van der Waals surface area (Å²) < 4.78 is 0. The normalized spacial score (nSPS) is 11.4. The van der Waals surface area contributed by atoms with Gasteiger partial charge in [-0.05, 0) is 36.1 Å². The van der Waals surface area contributed by atoms with Crippen LogP contribution >= 0.6 is 11.3 Å². The van der Waals surface area contributed by atoms with Crippen LogP contribution in [-0.2, 0) is 22.6 Å². The first-order valence-electron chi connectivity index (χ1n) is 8.49. The van der Waals surface area contributed by atoms with Gasteiger partial charge in [-0.15, -0.1) is 11.3 Å². The number of anilines is 1. The highest BCUT2D eigenvalue weighted by atomic mass is 32.1.